The Morgan fingerprint density at radius 3 is 2.39 bits per heavy atom. The quantitative estimate of drug-likeness (QED) is 0.314. The maximum atomic E-state index is 13.2. The van der Waals surface area contributed by atoms with Crippen LogP contribution in [0.2, 0.25) is 5.02 Å². The van der Waals surface area contributed by atoms with Crippen LogP contribution in [-0.2, 0) is 0 Å². The average molecular weight is 533 g/mol. The second-order valence-electron chi connectivity index (χ2n) is 9.07. The largest absolute Gasteiger partial charge is 0.497 e. The Kier molecular flexibility index (Phi) is 7.46. The van der Waals surface area contributed by atoms with Crippen LogP contribution in [-0.4, -0.2) is 58.4 Å². The van der Waals surface area contributed by atoms with Crippen molar-refractivity contribution in [3.8, 4) is 11.4 Å². The summed E-state index contributed by atoms with van der Waals surface area (Å²) in [4.78, 5) is 35.5. The second-order valence-corrected chi connectivity index (χ2v) is 9.51. The number of rotatable bonds is 8. The molecule has 0 saturated carbocycles. The van der Waals surface area contributed by atoms with Crippen LogP contribution >= 0.6 is 11.6 Å². The molecule has 9 nitrogen and oxygen atoms in total. The number of hydrogen-bond acceptors (Lipinski definition) is 7. The number of carbonyl (C=O) groups is 1. The molecule has 0 spiro atoms. The van der Waals surface area contributed by atoms with Gasteiger partial charge in [0.25, 0.3) is 0 Å². The number of ketones is 1. The molecule has 0 N–H and O–H groups in total. The first kappa shape index (κ1) is 25.5. The summed E-state index contributed by atoms with van der Waals surface area (Å²) in [5, 5.41) is 4.80. The molecule has 0 aliphatic carbocycles. The van der Waals surface area contributed by atoms with Gasteiger partial charge in [-0.15, -0.1) is 0 Å². The van der Waals surface area contributed by atoms with Crippen molar-refractivity contribution in [1.29, 1.82) is 0 Å². The maximum absolute atomic E-state index is 13.2. The second kappa shape index (κ2) is 11.1. The zero-order valence-electron chi connectivity index (χ0n) is 21.3. The van der Waals surface area contributed by atoms with Gasteiger partial charge in [0.2, 0.25) is 0 Å². The Morgan fingerprint density at radius 2 is 1.74 bits per heavy atom. The van der Waals surface area contributed by atoms with Crippen LogP contribution in [0.15, 0.2) is 78.0 Å². The molecule has 10 heteroatoms. The van der Waals surface area contributed by atoms with E-state index in [1.165, 1.54) is 15.6 Å². The van der Waals surface area contributed by atoms with Gasteiger partial charge >= 0.3 is 5.69 Å². The predicted molar refractivity (Wildman–Crippen MR) is 148 cm³/mol. The zero-order valence-corrected chi connectivity index (χ0v) is 22.1. The van der Waals surface area contributed by atoms with Crippen molar-refractivity contribution in [1.82, 2.24) is 19.3 Å². The van der Waals surface area contributed by atoms with E-state index in [-0.39, 0.29) is 11.5 Å². The molecule has 2 aromatic heterocycles. The first-order valence-electron chi connectivity index (χ1n) is 12.5. The monoisotopic (exact) mass is 532 g/mol. The van der Waals surface area contributed by atoms with Crippen LogP contribution in [0.25, 0.3) is 5.69 Å². The SMILES string of the molecule is CCC(C(=O)c1ccc(Cl)cc1)n1ncn(-c2ccc(N3CCN(c4cccc(OC)c4)CC3)nc2)c1=O. The number of carbonyl (C=O) groups excluding carboxylic acids is 1. The first-order valence-corrected chi connectivity index (χ1v) is 12.9. The Balaban J connectivity index is 1.28. The van der Waals surface area contributed by atoms with Gasteiger partial charge in [-0.05, 0) is 55.0 Å². The van der Waals surface area contributed by atoms with E-state index >= 15 is 0 Å². The van der Waals surface area contributed by atoms with Crippen molar-refractivity contribution in [3.63, 3.8) is 0 Å². The van der Waals surface area contributed by atoms with Gasteiger partial charge in [-0.3, -0.25) is 4.79 Å². The fourth-order valence-electron chi connectivity index (χ4n) is 4.69. The predicted octanol–water partition coefficient (Wildman–Crippen LogP) is 4.25. The van der Waals surface area contributed by atoms with Crippen LogP contribution in [0.4, 0.5) is 11.5 Å². The number of ether oxygens (including phenoxy) is 1. The highest BCUT2D eigenvalue weighted by molar-refractivity contribution is 6.30. The minimum absolute atomic E-state index is 0.182. The van der Waals surface area contributed by atoms with E-state index in [1.54, 1.807) is 37.6 Å². The molecule has 2 aromatic carbocycles. The molecular weight excluding hydrogens is 504 g/mol. The van der Waals surface area contributed by atoms with Gasteiger partial charge in [-0.2, -0.15) is 5.10 Å². The Labute approximate surface area is 225 Å². The van der Waals surface area contributed by atoms with E-state index in [1.807, 2.05) is 37.3 Å². The topological polar surface area (TPSA) is 85.5 Å². The van der Waals surface area contributed by atoms with Crippen molar-refractivity contribution in [3.05, 3.63) is 94.3 Å². The summed E-state index contributed by atoms with van der Waals surface area (Å²) in [5.41, 5.74) is 1.83. The molecule has 0 amide bonds. The summed E-state index contributed by atoms with van der Waals surface area (Å²) in [6.07, 6.45) is 3.53. The van der Waals surface area contributed by atoms with Crippen molar-refractivity contribution in [2.75, 3.05) is 43.1 Å². The van der Waals surface area contributed by atoms with Gasteiger partial charge in [-0.25, -0.2) is 19.0 Å². The molecule has 1 aliphatic heterocycles. The summed E-state index contributed by atoms with van der Waals surface area (Å²) in [6, 6.07) is 17.8. The van der Waals surface area contributed by atoms with E-state index in [0.29, 0.717) is 22.7 Å². The van der Waals surface area contributed by atoms with Crippen LogP contribution in [0.3, 0.4) is 0 Å². The lowest BCUT2D eigenvalue weighted by Crippen LogP contribution is -2.46. The number of aromatic nitrogens is 4. The first-order chi connectivity index (χ1) is 18.5. The van der Waals surface area contributed by atoms with Crippen LogP contribution in [0, 0.1) is 0 Å². The maximum Gasteiger partial charge on any atom is 0.351 e. The van der Waals surface area contributed by atoms with Gasteiger partial charge in [0, 0.05) is 48.5 Å². The minimum atomic E-state index is -0.710. The Morgan fingerprint density at radius 1 is 1.00 bits per heavy atom. The molecule has 1 atom stereocenters. The zero-order chi connectivity index (χ0) is 26.6. The number of anilines is 2. The molecule has 4 aromatic rings. The molecule has 1 aliphatic rings. The van der Waals surface area contributed by atoms with E-state index in [4.69, 9.17) is 16.3 Å². The number of methoxy groups -OCH3 is 1. The highest BCUT2D eigenvalue weighted by Crippen LogP contribution is 2.24. The number of piperazine rings is 1. The van der Waals surface area contributed by atoms with E-state index < -0.39 is 6.04 Å². The molecule has 0 radical (unpaired) electrons. The fraction of sp³-hybridized carbons (Fsp3) is 0.286. The van der Waals surface area contributed by atoms with Crippen LogP contribution in [0.1, 0.15) is 29.7 Å². The highest BCUT2D eigenvalue weighted by Gasteiger charge is 2.24. The van der Waals surface area contributed by atoms with Crippen molar-refractivity contribution in [2.45, 2.75) is 19.4 Å². The van der Waals surface area contributed by atoms with Crippen molar-refractivity contribution < 1.29 is 9.53 Å². The third kappa shape index (κ3) is 5.15. The molecule has 1 saturated heterocycles. The third-order valence-corrected chi connectivity index (χ3v) is 7.09. The van der Waals surface area contributed by atoms with E-state index in [0.717, 1.165) is 43.4 Å². The Hall–Kier alpha value is -4.11. The van der Waals surface area contributed by atoms with Gasteiger partial charge in [-0.1, -0.05) is 24.6 Å². The molecule has 1 unspecified atom stereocenters. The molecule has 196 valence electrons. The standard InChI is InChI=1S/C28H29ClN6O3/c1-3-25(27(36)20-7-9-21(29)10-8-20)35-28(37)34(19-31-35)23-11-12-26(30-18-23)33-15-13-32(14-16-33)22-5-4-6-24(17-22)38-2/h4-12,17-19,25H,3,13-16H2,1-2H3. The molecule has 3 heterocycles. The molecule has 5 rings (SSSR count). The molecular formula is C28H29ClN6O3. The van der Waals surface area contributed by atoms with Gasteiger partial charge in [0.15, 0.2) is 5.78 Å². The third-order valence-electron chi connectivity index (χ3n) is 6.84. The highest BCUT2D eigenvalue weighted by atomic mass is 35.5. The van der Waals surface area contributed by atoms with Crippen molar-refractivity contribution >= 4 is 28.9 Å². The summed E-state index contributed by atoms with van der Waals surface area (Å²) >= 11 is 5.95. The lowest BCUT2D eigenvalue weighted by Gasteiger charge is -2.36. The van der Waals surface area contributed by atoms with Gasteiger partial charge in [0.05, 0.1) is 19.0 Å². The Bertz CT molecular complexity index is 1460. The number of hydrogen-bond donors (Lipinski definition) is 0. The lowest BCUT2D eigenvalue weighted by atomic mass is 10.0. The summed E-state index contributed by atoms with van der Waals surface area (Å²) in [7, 11) is 1.68. The van der Waals surface area contributed by atoms with Gasteiger partial charge in [0.1, 0.15) is 23.9 Å². The average Bonchev–Trinajstić information content (AvgIpc) is 3.34. The number of halogens is 1. The summed E-state index contributed by atoms with van der Waals surface area (Å²) in [6.45, 7) is 5.24. The summed E-state index contributed by atoms with van der Waals surface area (Å²) < 4.78 is 8.00. The van der Waals surface area contributed by atoms with Crippen molar-refractivity contribution in [2.24, 2.45) is 0 Å². The van der Waals surface area contributed by atoms with Crippen LogP contribution in [0.5, 0.6) is 5.75 Å². The lowest BCUT2D eigenvalue weighted by molar-refractivity contribution is 0.0911. The van der Waals surface area contributed by atoms with E-state index in [9.17, 15) is 9.59 Å². The molecule has 1 fully saturated rings. The molecule has 0 bridgehead atoms. The number of pyridine rings is 1. The number of Topliss-reactive ketones (excluding diaryl/α,β-unsaturated/α-hetero) is 1. The molecule has 38 heavy (non-hydrogen) atoms. The van der Waals surface area contributed by atoms with Crippen LogP contribution < -0.4 is 20.2 Å². The fourth-order valence-corrected chi connectivity index (χ4v) is 4.82. The summed E-state index contributed by atoms with van der Waals surface area (Å²) in [5.74, 6) is 1.52. The van der Waals surface area contributed by atoms with Gasteiger partial charge < -0.3 is 14.5 Å². The minimum Gasteiger partial charge on any atom is -0.497 e. The number of benzene rings is 2. The number of nitrogens with zero attached hydrogens (tertiary/aromatic N) is 6. The van der Waals surface area contributed by atoms with E-state index in [2.05, 4.69) is 25.9 Å². The normalized spacial score (nSPS) is 14.4. The smallest absolute Gasteiger partial charge is 0.351 e.